The van der Waals surface area contributed by atoms with Crippen molar-refractivity contribution in [1.82, 2.24) is 0 Å². The fraction of sp³-hybridized carbons (Fsp3) is 0.133. The Morgan fingerprint density at radius 3 is 2.24 bits per heavy atom. The largest absolute Gasteiger partial charge is 0.192 e. The molecule has 1 aromatic rings. The van der Waals surface area contributed by atoms with Gasteiger partial charge in [0.2, 0.25) is 0 Å². The van der Waals surface area contributed by atoms with E-state index in [1.54, 1.807) is 6.08 Å². The number of allylic oxidation sites excluding steroid dienone is 6. The Kier molecular flexibility index (Phi) is 5.45. The van der Waals surface area contributed by atoms with Crippen molar-refractivity contribution in [2.24, 2.45) is 0 Å². The molecule has 0 aliphatic carbocycles. The number of nitrogens with zero attached hydrogens (tertiary/aromatic N) is 1. The van der Waals surface area contributed by atoms with Crippen molar-refractivity contribution in [1.29, 1.82) is 5.26 Å². The van der Waals surface area contributed by atoms with Crippen LogP contribution in [0.5, 0.6) is 0 Å². The highest BCUT2D eigenvalue weighted by Gasteiger charge is 1.96. The van der Waals surface area contributed by atoms with Crippen molar-refractivity contribution < 1.29 is 0 Å². The summed E-state index contributed by atoms with van der Waals surface area (Å²) in [6, 6.07) is 10.2. The van der Waals surface area contributed by atoms with Crippen molar-refractivity contribution in [2.45, 2.75) is 13.8 Å². The molecule has 0 saturated heterocycles. The van der Waals surface area contributed by atoms with Gasteiger partial charge in [-0.05, 0) is 43.2 Å². The summed E-state index contributed by atoms with van der Waals surface area (Å²) >= 11 is 3.41. The summed E-state index contributed by atoms with van der Waals surface area (Å²) in [5.74, 6) is 0. The van der Waals surface area contributed by atoms with Crippen LogP contribution < -0.4 is 0 Å². The van der Waals surface area contributed by atoms with Gasteiger partial charge in [0, 0.05) is 10.0 Å². The van der Waals surface area contributed by atoms with Gasteiger partial charge in [-0.2, -0.15) is 5.26 Å². The molecule has 0 heterocycles. The van der Waals surface area contributed by atoms with E-state index in [2.05, 4.69) is 22.0 Å². The maximum Gasteiger partial charge on any atom is 0.0988 e. The van der Waals surface area contributed by atoms with Gasteiger partial charge in [-0.15, -0.1) is 0 Å². The van der Waals surface area contributed by atoms with Crippen LogP contribution in [0, 0.1) is 11.3 Å². The number of halogens is 1. The molecule has 0 amide bonds. The topological polar surface area (TPSA) is 23.8 Å². The molecule has 1 nitrogen and oxygen atoms in total. The van der Waals surface area contributed by atoms with Crippen molar-refractivity contribution >= 4 is 21.5 Å². The van der Waals surface area contributed by atoms with E-state index >= 15 is 0 Å². The van der Waals surface area contributed by atoms with Crippen LogP contribution in [0.2, 0.25) is 0 Å². The van der Waals surface area contributed by atoms with Crippen LogP contribution in [0.1, 0.15) is 19.4 Å². The van der Waals surface area contributed by atoms with Crippen LogP contribution >= 0.6 is 15.9 Å². The summed E-state index contributed by atoms with van der Waals surface area (Å²) in [4.78, 5) is 0. The normalized spacial score (nSPS) is 12.8. The third kappa shape index (κ3) is 4.05. The second-order valence-corrected chi connectivity index (χ2v) is 4.36. The average Bonchev–Trinajstić information content (AvgIpc) is 2.36. The lowest BCUT2D eigenvalue weighted by atomic mass is 10.0. The second-order valence-electron chi connectivity index (χ2n) is 3.44. The average molecular weight is 288 g/mol. The summed E-state index contributed by atoms with van der Waals surface area (Å²) in [6.07, 6.45) is 7.62. The summed E-state index contributed by atoms with van der Waals surface area (Å²) in [6.45, 7) is 3.85. The van der Waals surface area contributed by atoms with Gasteiger partial charge in [0.15, 0.2) is 0 Å². The molecule has 0 N–H and O–H groups in total. The van der Waals surface area contributed by atoms with Crippen molar-refractivity contribution in [3.05, 3.63) is 64.2 Å². The first-order valence-electron chi connectivity index (χ1n) is 5.38. The van der Waals surface area contributed by atoms with Crippen LogP contribution in [-0.4, -0.2) is 0 Å². The van der Waals surface area contributed by atoms with Crippen molar-refractivity contribution in [2.75, 3.05) is 0 Å². The van der Waals surface area contributed by atoms with Gasteiger partial charge in [0.1, 0.15) is 0 Å². The van der Waals surface area contributed by atoms with E-state index in [-0.39, 0.29) is 0 Å². The van der Waals surface area contributed by atoms with Gasteiger partial charge in [-0.3, -0.25) is 0 Å². The fourth-order valence-electron chi connectivity index (χ4n) is 1.38. The maximum absolute atomic E-state index is 8.82. The predicted octanol–water partition coefficient (Wildman–Crippen LogP) is 4.88. The molecule has 0 fully saturated rings. The molecule has 0 bridgehead atoms. The van der Waals surface area contributed by atoms with Gasteiger partial charge in [0.25, 0.3) is 0 Å². The molecule has 0 saturated carbocycles. The second kappa shape index (κ2) is 6.88. The summed E-state index contributed by atoms with van der Waals surface area (Å²) in [7, 11) is 0. The first-order valence-corrected chi connectivity index (χ1v) is 6.17. The molecular weight excluding hydrogens is 274 g/mol. The summed E-state index contributed by atoms with van der Waals surface area (Å²) in [5, 5.41) is 8.82. The first kappa shape index (κ1) is 13.5. The first-order chi connectivity index (χ1) is 8.21. The lowest BCUT2D eigenvalue weighted by Gasteiger charge is -2.01. The zero-order valence-corrected chi connectivity index (χ0v) is 11.5. The Balaban J connectivity index is 2.96. The Hall–Kier alpha value is -1.59. The van der Waals surface area contributed by atoms with E-state index in [1.165, 1.54) is 0 Å². The highest BCUT2D eigenvalue weighted by molar-refractivity contribution is 9.10. The lowest BCUT2D eigenvalue weighted by Crippen LogP contribution is -1.80. The molecule has 1 aromatic carbocycles. The quantitative estimate of drug-likeness (QED) is 0.574. The molecule has 86 valence electrons. The number of nitriles is 1. The molecule has 0 atom stereocenters. The van der Waals surface area contributed by atoms with Gasteiger partial charge >= 0.3 is 0 Å². The minimum absolute atomic E-state index is 0.668. The zero-order valence-electron chi connectivity index (χ0n) is 9.94. The molecule has 0 spiro atoms. The van der Waals surface area contributed by atoms with Gasteiger partial charge in [-0.1, -0.05) is 46.3 Å². The molecule has 0 aromatic heterocycles. The van der Waals surface area contributed by atoms with E-state index in [1.807, 2.05) is 56.3 Å². The highest BCUT2D eigenvalue weighted by atomic mass is 79.9. The molecular formula is C15H14BrN. The van der Waals surface area contributed by atoms with Crippen LogP contribution in [0.4, 0.5) is 0 Å². The van der Waals surface area contributed by atoms with E-state index in [0.29, 0.717) is 5.57 Å². The van der Waals surface area contributed by atoms with E-state index in [9.17, 15) is 0 Å². The fourth-order valence-corrected chi connectivity index (χ4v) is 1.64. The Labute approximate surface area is 111 Å². The van der Waals surface area contributed by atoms with Gasteiger partial charge in [0.05, 0.1) is 6.07 Å². The molecule has 1 rings (SSSR count). The molecule has 0 radical (unpaired) electrons. The third-order valence-corrected chi connectivity index (χ3v) is 2.90. The van der Waals surface area contributed by atoms with Gasteiger partial charge < -0.3 is 0 Å². The standard InChI is InChI=1S/C15H14BrN/c1-3-12(11-17)5-6-13(4-2)14-7-9-15(16)10-8-14/h3-10H,1-2H3/b6-5-,12-3+,13-4+. The van der Waals surface area contributed by atoms with Crippen LogP contribution in [0.15, 0.2) is 58.6 Å². The molecule has 17 heavy (non-hydrogen) atoms. The van der Waals surface area contributed by atoms with E-state index in [0.717, 1.165) is 15.6 Å². The number of hydrogen-bond acceptors (Lipinski definition) is 1. The highest BCUT2D eigenvalue weighted by Crippen LogP contribution is 2.19. The molecule has 0 aliphatic heterocycles. The Bertz CT molecular complexity index is 499. The minimum Gasteiger partial charge on any atom is -0.192 e. The molecule has 2 heteroatoms. The third-order valence-electron chi connectivity index (χ3n) is 2.37. The molecule has 0 aliphatic rings. The number of benzene rings is 1. The van der Waals surface area contributed by atoms with Crippen molar-refractivity contribution in [3.8, 4) is 6.07 Å². The van der Waals surface area contributed by atoms with Crippen LogP contribution in [0.25, 0.3) is 5.57 Å². The van der Waals surface area contributed by atoms with Gasteiger partial charge in [-0.25, -0.2) is 0 Å². The van der Waals surface area contributed by atoms with Crippen LogP contribution in [0.3, 0.4) is 0 Å². The Morgan fingerprint density at radius 1 is 1.12 bits per heavy atom. The SMILES string of the molecule is C\C=C(C#N)/C=C\C(=C/C)c1ccc(Br)cc1. The van der Waals surface area contributed by atoms with E-state index < -0.39 is 0 Å². The monoisotopic (exact) mass is 287 g/mol. The summed E-state index contributed by atoms with van der Waals surface area (Å²) in [5.41, 5.74) is 2.91. The number of hydrogen-bond donors (Lipinski definition) is 0. The maximum atomic E-state index is 8.82. The van der Waals surface area contributed by atoms with E-state index in [4.69, 9.17) is 5.26 Å². The van der Waals surface area contributed by atoms with Crippen molar-refractivity contribution in [3.63, 3.8) is 0 Å². The minimum atomic E-state index is 0.668. The smallest absolute Gasteiger partial charge is 0.0988 e. The Morgan fingerprint density at radius 2 is 1.76 bits per heavy atom. The summed E-state index contributed by atoms with van der Waals surface area (Å²) < 4.78 is 1.06. The lowest BCUT2D eigenvalue weighted by molar-refractivity contribution is 1.48. The predicted molar refractivity (Wildman–Crippen MR) is 76.3 cm³/mol. The number of rotatable bonds is 3. The zero-order chi connectivity index (χ0) is 12.7. The van der Waals surface area contributed by atoms with Crippen LogP contribution in [-0.2, 0) is 0 Å². The molecule has 0 unspecified atom stereocenters.